The van der Waals surface area contributed by atoms with Gasteiger partial charge in [-0.05, 0) is 62.2 Å². The van der Waals surface area contributed by atoms with Crippen LogP contribution in [-0.4, -0.2) is 49.6 Å². The van der Waals surface area contributed by atoms with E-state index < -0.39 is 0 Å². The van der Waals surface area contributed by atoms with E-state index in [-0.39, 0.29) is 23.8 Å². The summed E-state index contributed by atoms with van der Waals surface area (Å²) in [6.45, 7) is 5.65. The lowest BCUT2D eigenvalue weighted by molar-refractivity contribution is -0.133. The van der Waals surface area contributed by atoms with Gasteiger partial charge in [-0.2, -0.15) is 0 Å². The van der Waals surface area contributed by atoms with Crippen LogP contribution in [-0.2, 0) is 4.79 Å². The summed E-state index contributed by atoms with van der Waals surface area (Å²) in [7, 11) is 0. The van der Waals surface area contributed by atoms with E-state index in [9.17, 15) is 9.18 Å². The molecule has 2 saturated heterocycles. The highest BCUT2D eigenvalue weighted by molar-refractivity contribution is 6.35. The number of hydrogen-bond donors (Lipinski definition) is 2. The Morgan fingerprint density at radius 1 is 1.16 bits per heavy atom. The molecule has 0 saturated carbocycles. The van der Waals surface area contributed by atoms with Crippen LogP contribution in [0.15, 0.2) is 36.4 Å². The smallest absolute Gasteiger partial charge is 0.239 e. The molecule has 8 heteroatoms. The molecule has 2 atom stereocenters. The molecular formula is C23H27Cl2FN4O. The molecule has 2 heterocycles. The molecule has 4 rings (SSSR count). The number of hydrogen-bond acceptors (Lipinski definition) is 4. The number of rotatable bonds is 5. The van der Waals surface area contributed by atoms with Crippen LogP contribution in [0.5, 0.6) is 0 Å². The van der Waals surface area contributed by atoms with E-state index in [1.54, 1.807) is 18.2 Å². The molecular weight excluding hydrogens is 438 g/mol. The first-order chi connectivity index (χ1) is 14.9. The topological polar surface area (TPSA) is 47.6 Å². The molecule has 1 amide bonds. The number of amides is 1. The molecule has 5 nitrogen and oxygen atoms in total. The number of piperazine rings is 1. The maximum Gasteiger partial charge on any atom is 0.239 e. The minimum Gasteiger partial charge on any atom is -0.376 e. The number of nitrogens with zero attached hydrogens (tertiary/aromatic N) is 2. The number of nitrogens with one attached hydrogen (secondary N) is 2. The van der Waals surface area contributed by atoms with Gasteiger partial charge in [-0.25, -0.2) is 4.39 Å². The van der Waals surface area contributed by atoms with E-state index in [1.807, 2.05) is 24.0 Å². The van der Waals surface area contributed by atoms with Crippen molar-refractivity contribution >= 4 is 40.5 Å². The molecule has 2 aromatic carbocycles. The molecule has 166 valence electrons. The van der Waals surface area contributed by atoms with Crippen molar-refractivity contribution in [3.05, 3.63) is 57.8 Å². The number of carbonyl (C=O) groups is 1. The number of carbonyl (C=O) groups excluding carboxylic acids is 1. The van der Waals surface area contributed by atoms with Gasteiger partial charge in [0.1, 0.15) is 5.82 Å². The fourth-order valence-electron chi connectivity index (χ4n) is 4.28. The average Bonchev–Trinajstić information content (AvgIpc) is 3.30. The van der Waals surface area contributed by atoms with Crippen LogP contribution >= 0.6 is 23.2 Å². The Balaban J connectivity index is 1.41. The lowest BCUT2D eigenvalue weighted by Crippen LogP contribution is -2.53. The predicted molar refractivity (Wildman–Crippen MR) is 125 cm³/mol. The maximum absolute atomic E-state index is 14.5. The Hall–Kier alpha value is -2.02. The van der Waals surface area contributed by atoms with Crippen molar-refractivity contribution in [2.24, 2.45) is 0 Å². The molecule has 1 unspecified atom stereocenters. The highest BCUT2D eigenvalue weighted by Crippen LogP contribution is 2.31. The summed E-state index contributed by atoms with van der Waals surface area (Å²) in [6.07, 6.45) is 1.98. The molecule has 2 aromatic rings. The Morgan fingerprint density at radius 3 is 2.61 bits per heavy atom. The zero-order valence-electron chi connectivity index (χ0n) is 17.5. The third-order valence-corrected chi connectivity index (χ3v) is 6.63. The second-order valence-corrected chi connectivity index (χ2v) is 9.00. The number of benzene rings is 2. The lowest BCUT2D eigenvalue weighted by atomic mass is 10.1. The highest BCUT2D eigenvalue weighted by Gasteiger charge is 2.29. The lowest BCUT2D eigenvalue weighted by Gasteiger charge is -2.37. The Labute approximate surface area is 192 Å². The van der Waals surface area contributed by atoms with E-state index in [0.29, 0.717) is 28.8 Å². The monoisotopic (exact) mass is 464 g/mol. The molecule has 2 fully saturated rings. The van der Waals surface area contributed by atoms with Gasteiger partial charge in [-0.1, -0.05) is 29.3 Å². The average molecular weight is 465 g/mol. The zero-order chi connectivity index (χ0) is 22.0. The molecule has 2 aliphatic heterocycles. The Kier molecular flexibility index (Phi) is 6.89. The quantitative estimate of drug-likeness (QED) is 0.672. The normalized spacial score (nSPS) is 20.1. The van der Waals surface area contributed by atoms with Crippen molar-refractivity contribution < 1.29 is 9.18 Å². The first-order valence-corrected chi connectivity index (χ1v) is 11.5. The van der Waals surface area contributed by atoms with Crippen molar-refractivity contribution in [2.75, 3.05) is 42.9 Å². The van der Waals surface area contributed by atoms with Crippen molar-refractivity contribution in [1.82, 2.24) is 10.2 Å². The summed E-state index contributed by atoms with van der Waals surface area (Å²) in [5, 5.41) is 7.61. The van der Waals surface area contributed by atoms with E-state index in [4.69, 9.17) is 23.2 Å². The molecule has 0 radical (unpaired) electrons. The van der Waals surface area contributed by atoms with Crippen LogP contribution in [0, 0.1) is 5.82 Å². The van der Waals surface area contributed by atoms with E-state index in [2.05, 4.69) is 15.5 Å². The Morgan fingerprint density at radius 2 is 1.94 bits per heavy atom. The Bertz CT molecular complexity index is 943. The van der Waals surface area contributed by atoms with Gasteiger partial charge in [0.15, 0.2) is 0 Å². The zero-order valence-corrected chi connectivity index (χ0v) is 19.0. The van der Waals surface area contributed by atoms with Gasteiger partial charge >= 0.3 is 0 Å². The van der Waals surface area contributed by atoms with Gasteiger partial charge < -0.3 is 20.4 Å². The SMILES string of the molecule is C[C@@H](Nc1cc(N2CCN(C(=O)C3CCCN3)CC2)ccc1F)c1ccc(Cl)cc1Cl. The predicted octanol–water partition coefficient (Wildman–Crippen LogP) is 4.71. The third-order valence-electron chi connectivity index (χ3n) is 6.07. The summed E-state index contributed by atoms with van der Waals surface area (Å²) in [5.41, 5.74) is 2.21. The molecule has 0 spiro atoms. The van der Waals surface area contributed by atoms with Crippen LogP contribution in [0.4, 0.5) is 15.8 Å². The maximum atomic E-state index is 14.5. The summed E-state index contributed by atoms with van der Waals surface area (Å²) in [6, 6.07) is 10.2. The largest absolute Gasteiger partial charge is 0.376 e. The molecule has 0 aliphatic carbocycles. The number of anilines is 2. The first-order valence-electron chi connectivity index (χ1n) is 10.7. The molecule has 2 aliphatic rings. The van der Waals surface area contributed by atoms with Crippen LogP contribution in [0.2, 0.25) is 10.0 Å². The van der Waals surface area contributed by atoms with Crippen molar-refractivity contribution in [2.45, 2.75) is 31.8 Å². The van der Waals surface area contributed by atoms with Crippen LogP contribution in [0.1, 0.15) is 31.4 Å². The van der Waals surface area contributed by atoms with E-state index in [1.165, 1.54) is 6.07 Å². The van der Waals surface area contributed by atoms with Gasteiger partial charge in [-0.3, -0.25) is 4.79 Å². The van der Waals surface area contributed by atoms with Crippen LogP contribution in [0.3, 0.4) is 0 Å². The van der Waals surface area contributed by atoms with Gasteiger partial charge in [0.2, 0.25) is 5.91 Å². The number of halogens is 3. The van der Waals surface area contributed by atoms with E-state index in [0.717, 1.165) is 43.7 Å². The first kappa shape index (κ1) is 22.2. The fourth-order valence-corrected chi connectivity index (χ4v) is 4.86. The van der Waals surface area contributed by atoms with Crippen molar-refractivity contribution in [3.63, 3.8) is 0 Å². The second kappa shape index (κ2) is 9.63. The second-order valence-electron chi connectivity index (χ2n) is 8.16. The van der Waals surface area contributed by atoms with Gasteiger partial charge in [-0.15, -0.1) is 0 Å². The van der Waals surface area contributed by atoms with Crippen molar-refractivity contribution in [3.8, 4) is 0 Å². The van der Waals surface area contributed by atoms with Crippen LogP contribution in [0.25, 0.3) is 0 Å². The summed E-state index contributed by atoms with van der Waals surface area (Å²) >= 11 is 12.3. The van der Waals surface area contributed by atoms with Gasteiger partial charge in [0.05, 0.1) is 17.8 Å². The summed E-state index contributed by atoms with van der Waals surface area (Å²) < 4.78 is 14.5. The standard InChI is InChI=1S/C23H27Cl2FN4O/c1-15(18-6-4-16(24)13-19(18)25)28-22-14-17(5-7-20(22)26)29-9-11-30(12-10-29)23(31)21-3-2-8-27-21/h4-7,13-15,21,27-28H,2-3,8-12H2,1H3/t15-,21?/m1/s1. The van der Waals surface area contributed by atoms with Crippen molar-refractivity contribution in [1.29, 1.82) is 0 Å². The minimum absolute atomic E-state index is 0.0330. The third kappa shape index (κ3) is 5.08. The summed E-state index contributed by atoms with van der Waals surface area (Å²) in [4.78, 5) is 16.7. The molecule has 0 aromatic heterocycles. The minimum atomic E-state index is -0.318. The van der Waals surface area contributed by atoms with Gasteiger partial charge in [0, 0.05) is 41.9 Å². The van der Waals surface area contributed by atoms with E-state index >= 15 is 0 Å². The van der Waals surface area contributed by atoms with Crippen LogP contribution < -0.4 is 15.5 Å². The van der Waals surface area contributed by atoms with Gasteiger partial charge in [0.25, 0.3) is 0 Å². The highest BCUT2D eigenvalue weighted by atomic mass is 35.5. The molecule has 31 heavy (non-hydrogen) atoms. The summed E-state index contributed by atoms with van der Waals surface area (Å²) in [5.74, 6) is -0.117. The molecule has 2 N–H and O–H groups in total. The fraction of sp³-hybridized carbons (Fsp3) is 0.435. The molecule has 0 bridgehead atoms.